The number of alkyl halides is 3. The fraction of sp³-hybridized carbons (Fsp3) is 0.333. The average molecular weight is 298 g/mol. The predicted octanol–water partition coefficient (Wildman–Crippen LogP) is 2.68. The lowest BCUT2D eigenvalue weighted by atomic mass is 10.1. The Hall–Kier alpha value is -1.11. The highest BCUT2D eigenvalue weighted by Gasteiger charge is 2.22. The first-order valence-electron chi connectivity index (χ1n) is 4.19. The third-order valence-electron chi connectivity index (χ3n) is 1.94. The highest BCUT2D eigenvalue weighted by Crippen LogP contribution is 2.29. The second-order valence-corrected chi connectivity index (χ2v) is 3.51. The molecular formula is C9H7BrF3NO2. The van der Waals surface area contributed by atoms with E-state index in [0.29, 0.717) is 6.20 Å². The van der Waals surface area contributed by atoms with Crippen LogP contribution < -0.4 is 0 Å². The summed E-state index contributed by atoms with van der Waals surface area (Å²) in [5.74, 6) is -2.33. The second kappa shape index (κ2) is 5.29. The van der Waals surface area contributed by atoms with Gasteiger partial charge in [-0.2, -0.15) is 0 Å². The Morgan fingerprint density at radius 1 is 1.56 bits per heavy atom. The van der Waals surface area contributed by atoms with Crippen molar-refractivity contribution < 1.29 is 23.1 Å². The maximum absolute atomic E-state index is 13.1. The number of carboxylic acids is 1. The van der Waals surface area contributed by atoms with Crippen LogP contribution in [0.15, 0.2) is 6.20 Å². The summed E-state index contributed by atoms with van der Waals surface area (Å²) in [6, 6.07) is 0. The number of carbonyl (C=O) groups is 1. The van der Waals surface area contributed by atoms with Crippen molar-refractivity contribution in [3.05, 3.63) is 28.8 Å². The van der Waals surface area contributed by atoms with Gasteiger partial charge in [-0.05, 0) is 5.56 Å². The molecule has 16 heavy (non-hydrogen) atoms. The minimum absolute atomic E-state index is 0.0546. The molecule has 0 bridgehead atoms. The van der Waals surface area contributed by atoms with Crippen molar-refractivity contribution in [2.24, 2.45) is 0 Å². The topological polar surface area (TPSA) is 50.2 Å². The number of hydrogen-bond donors (Lipinski definition) is 1. The lowest BCUT2D eigenvalue weighted by molar-refractivity contribution is -0.136. The van der Waals surface area contributed by atoms with E-state index in [1.54, 1.807) is 0 Å². The minimum Gasteiger partial charge on any atom is -0.481 e. The quantitative estimate of drug-likeness (QED) is 0.869. The van der Waals surface area contributed by atoms with E-state index in [9.17, 15) is 18.0 Å². The van der Waals surface area contributed by atoms with Gasteiger partial charge in [0.25, 0.3) is 6.43 Å². The van der Waals surface area contributed by atoms with Gasteiger partial charge in [0, 0.05) is 5.33 Å². The maximum atomic E-state index is 13.1. The number of hydrogen-bond acceptors (Lipinski definition) is 2. The number of pyridine rings is 1. The molecule has 88 valence electrons. The van der Waals surface area contributed by atoms with Gasteiger partial charge in [-0.25, -0.2) is 13.2 Å². The van der Waals surface area contributed by atoms with E-state index in [4.69, 9.17) is 5.11 Å². The van der Waals surface area contributed by atoms with E-state index in [-0.39, 0.29) is 16.6 Å². The van der Waals surface area contributed by atoms with Gasteiger partial charge < -0.3 is 5.11 Å². The first kappa shape index (κ1) is 13.0. The van der Waals surface area contributed by atoms with Gasteiger partial charge in [0.05, 0.1) is 23.9 Å². The zero-order valence-corrected chi connectivity index (χ0v) is 9.47. The van der Waals surface area contributed by atoms with Gasteiger partial charge >= 0.3 is 5.97 Å². The Balaban J connectivity index is 3.30. The molecule has 3 nitrogen and oxygen atoms in total. The van der Waals surface area contributed by atoms with E-state index < -0.39 is 30.2 Å². The summed E-state index contributed by atoms with van der Waals surface area (Å²) in [6.45, 7) is 0. The highest BCUT2D eigenvalue weighted by molar-refractivity contribution is 9.08. The van der Waals surface area contributed by atoms with Crippen molar-refractivity contribution in [2.45, 2.75) is 18.2 Å². The highest BCUT2D eigenvalue weighted by atomic mass is 79.9. The Labute approximate surface area is 97.4 Å². The number of rotatable bonds is 4. The van der Waals surface area contributed by atoms with Crippen LogP contribution in [0, 0.1) is 5.82 Å². The van der Waals surface area contributed by atoms with Crippen molar-refractivity contribution in [2.75, 3.05) is 0 Å². The van der Waals surface area contributed by atoms with Crippen LogP contribution in [0.2, 0.25) is 0 Å². The summed E-state index contributed by atoms with van der Waals surface area (Å²) < 4.78 is 38.2. The van der Waals surface area contributed by atoms with E-state index in [2.05, 4.69) is 20.9 Å². The van der Waals surface area contributed by atoms with Crippen LogP contribution in [-0.2, 0) is 16.5 Å². The van der Waals surface area contributed by atoms with Crippen LogP contribution in [-0.4, -0.2) is 16.1 Å². The molecule has 1 heterocycles. The molecule has 1 aromatic rings. The smallest absolute Gasteiger partial charge is 0.309 e. The summed E-state index contributed by atoms with van der Waals surface area (Å²) in [5.41, 5.74) is -0.943. The lowest BCUT2D eigenvalue weighted by Crippen LogP contribution is -2.10. The molecule has 0 saturated carbocycles. The molecule has 7 heteroatoms. The molecule has 0 aliphatic rings. The molecule has 0 unspecified atom stereocenters. The molecule has 1 aromatic heterocycles. The van der Waals surface area contributed by atoms with Crippen LogP contribution in [0.25, 0.3) is 0 Å². The molecule has 0 fully saturated rings. The molecule has 1 rings (SSSR count). The Kier molecular flexibility index (Phi) is 4.28. The maximum Gasteiger partial charge on any atom is 0.309 e. The monoisotopic (exact) mass is 297 g/mol. The normalized spacial score (nSPS) is 10.8. The lowest BCUT2D eigenvalue weighted by Gasteiger charge is -2.11. The van der Waals surface area contributed by atoms with Crippen molar-refractivity contribution in [1.29, 1.82) is 0 Å². The third-order valence-corrected chi connectivity index (χ3v) is 2.50. The van der Waals surface area contributed by atoms with Crippen molar-refractivity contribution in [1.82, 2.24) is 4.98 Å². The number of carboxylic acid groups (broad SMARTS) is 1. The zero-order valence-electron chi connectivity index (χ0n) is 7.88. The van der Waals surface area contributed by atoms with Gasteiger partial charge in [0.2, 0.25) is 0 Å². The van der Waals surface area contributed by atoms with Crippen molar-refractivity contribution in [3.8, 4) is 0 Å². The summed E-state index contributed by atoms with van der Waals surface area (Å²) in [4.78, 5) is 14.0. The Morgan fingerprint density at radius 2 is 2.19 bits per heavy atom. The largest absolute Gasteiger partial charge is 0.481 e. The average Bonchev–Trinajstić information content (AvgIpc) is 2.18. The molecule has 0 atom stereocenters. The van der Waals surface area contributed by atoms with Gasteiger partial charge in [-0.3, -0.25) is 9.78 Å². The van der Waals surface area contributed by atoms with Gasteiger partial charge in [-0.15, -0.1) is 0 Å². The van der Waals surface area contributed by atoms with Crippen LogP contribution in [0.4, 0.5) is 13.2 Å². The molecule has 1 N–H and O–H groups in total. The molecule has 0 aromatic carbocycles. The minimum atomic E-state index is -3.00. The zero-order chi connectivity index (χ0) is 12.3. The van der Waals surface area contributed by atoms with Crippen LogP contribution in [0.1, 0.15) is 23.2 Å². The SMILES string of the molecule is O=C(O)Cc1ncc(F)c(C(F)F)c1CBr. The molecule has 0 saturated heterocycles. The van der Waals surface area contributed by atoms with Gasteiger partial charge in [0.15, 0.2) is 5.82 Å². The Bertz CT molecular complexity index is 412. The second-order valence-electron chi connectivity index (χ2n) is 2.95. The van der Waals surface area contributed by atoms with E-state index >= 15 is 0 Å². The first-order valence-corrected chi connectivity index (χ1v) is 5.31. The van der Waals surface area contributed by atoms with E-state index in [1.807, 2.05) is 0 Å². The van der Waals surface area contributed by atoms with Crippen molar-refractivity contribution in [3.63, 3.8) is 0 Å². The van der Waals surface area contributed by atoms with E-state index in [0.717, 1.165) is 0 Å². The molecule has 0 aliphatic heterocycles. The van der Waals surface area contributed by atoms with Crippen LogP contribution in [0.5, 0.6) is 0 Å². The van der Waals surface area contributed by atoms with Crippen LogP contribution >= 0.6 is 15.9 Å². The van der Waals surface area contributed by atoms with Gasteiger partial charge in [0.1, 0.15) is 0 Å². The number of aliphatic carboxylic acids is 1. The Morgan fingerprint density at radius 3 is 2.62 bits per heavy atom. The predicted molar refractivity (Wildman–Crippen MR) is 53.1 cm³/mol. The van der Waals surface area contributed by atoms with Crippen LogP contribution in [0.3, 0.4) is 0 Å². The summed E-state index contributed by atoms with van der Waals surface area (Å²) in [7, 11) is 0. The fourth-order valence-electron chi connectivity index (χ4n) is 1.26. The van der Waals surface area contributed by atoms with Crippen molar-refractivity contribution >= 4 is 21.9 Å². The molecular weight excluding hydrogens is 291 g/mol. The fourth-order valence-corrected chi connectivity index (χ4v) is 1.89. The molecule has 0 aliphatic carbocycles. The number of halogens is 4. The third kappa shape index (κ3) is 2.72. The first-order chi connectivity index (χ1) is 7.47. The number of nitrogens with zero attached hydrogens (tertiary/aromatic N) is 1. The molecule has 0 radical (unpaired) electrons. The summed E-state index contributed by atoms with van der Waals surface area (Å²) in [5, 5.41) is 8.48. The molecule has 0 amide bonds. The van der Waals surface area contributed by atoms with E-state index in [1.165, 1.54) is 0 Å². The summed E-state index contributed by atoms with van der Waals surface area (Å²) >= 11 is 2.92. The molecule has 0 spiro atoms. The standard InChI is InChI=1S/C9H7BrF3NO2/c10-2-4-6(1-7(15)16)14-3-5(11)8(4)9(12)13/h3,9H,1-2H2,(H,15,16). The summed E-state index contributed by atoms with van der Waals surface area (Å²) in [6.07, 6.45) is -2.89. The van der Waals surface area contributed by atoms with Gasteiger partial charge in [-0.1, -0.05) is 15.9 Å². The number of aromatic nitrogens is 1.